The van der Waals surface area contributed by atoms with Crippen molar-refractivity contribution in [2.45, 2.75) is 26.2 Å². The van der Waals surface area contributed by atoms with Crippen molar-refractivity contribution in [2.75, 3.05) is 18.0 Å². The molecule has 4 rings (SSSR count). The Morgan fingerprint density at radius 1 is 1.13 bits per heavy atom. The monoisotopic (exact) mass is 448 g/mol. The molecule has 0 spiro atoms. The van der Waals surface area contributed by atoms with Gasteiger partial charge in [0.15, 0.2) is 0 Å². The summed E-state index contributed by atoms with van der Waals surface area (Å²) < 4.78 is 0.510. The lowest BCUT2D eigenvalue weighted by molar-refractivity contribution is -0.123. The van der Waals surface area contributed by atoms with Crippen molar-refractivity contribution in [3.63, 3.8) is 0 Å². The van der Waals surface area contributed by atoms with Crippen LogP contribution in [0.2, 0.25) is 0 Å². The molecule has 0 bridgehead atoms. The van der Waals surface area contributed by atoms with Gasteiger partial charge in [0.2, 0.25) is 5.91 Å². The molecule has 0 unspecified atom stereocenters. The van der Waals surface area contributed by atoms with Crippen molar-refractivity contribution in [3.05, 3.63) is 82.3 Å². The van der Waals surface area contributed by atoms with Crippen molar-refractivity contribution in [2.24, 2.45) is 0 Å². The number of hydrogen-bond donors (Lipinski definition) is 0. The second kappa shape index (κ2) is 9.62. The first kappa shape index (κ1) is 21.5. The Morgan fingerprint density at radius 3 is 2.68 bits per heavy atom. The molecule has 0 aliphatic carbocycles. The summed E-state index contributed by atoms with van der Waals surface area (Å²) in [6.45, 7) is 3.00. The third-order valence-electron chi connectivity index (χ3n) is 5.39. The van der Waals surface area contributed by atoms with Gasteiger partial charge in [0.05, 0.1) is 4.91 Å². The predicted octanol–water partition coefficient (Wildman–Crippen LogP) is 5.20. The topological polar surface area (TPSA) is 40.6 Å². The largest absolute Gasteiger partial charge is 0.312 e. The summed E-state index contributed by atoms with van der Waals surface area (Å²) in [7, 11) is 0. The number of carbonyl (C=O) groups excluding carboxylic acids is 2. The van der Waals surface area contributed by atoms with Gasteiger partial charge in [-0.25, -0.2) is 0 Å². The highest BCUT2D eigenvalue weighted by Gasteiger charge is 2.33. The lowest BCUT2D eigenvalue weighted by Gasteiger charge is -2.30. The van der Waals surface area contributed by atoms with Crippen LogP contribution in [0.4, 0.5) is 5.69 Å². The number of amides is 2. The quantitative estimate of drug-likeness (QED) is 0.465. The molecule has 2 aliphatic rings. The van der Waals surface area contributed by atoms with Crippen molar-refractivity contribution in [1.82, 2.24) is 4.90 Å². The minimum absolute atomic E-state index is 0.0327. The zero-order valence-corrected chi connectivity index (χ0v) is 19.0. The number of allylic oxidation sites excluding steroid dienone is 2. The van der Waals surface area contributed by atoms with E-state index >= 15 is 0 Å². The number of thioether (sulfide) groups is 1. The molecule has 0 aromatic heterocycles. The lowest BCUT2D eigenvalue weighted by Crippen LogP contribution is -2.38. The maximum atomic E-state index is 12.9. The average Bonchev–Trinajstić information content (AvgIpc) is 3.04. The van der Waals surface area contributed by atoms with Gasteiger partial charge in [-0.2, -0.15) is 0 Å². The van der Waals surface area contributed by atoms with Gasteiger partial charge in [0, 0.05) is 25.2 Å². The number of para-hydroxylation sites is 1. The minimum Gasteiger partial charge on any atom is -0.312 e. The summed E-state index contributed by atoms with van der Waals surface area (Å²) in [5.41, 5.74) is 4.26. The number of fused-ring (bicyclic) bond motifs is 1. The number of carbonyl (C=O) groups is 2. The molecule has 2 heterocycles. The molecule has 2 aromatic carbocycles. The standard InChI is InChI=1S/C25H24N2O2S2/c1-18(16-19-8-3-2-4-9-19)17-22-24(29)27(25(30)31-22)15-13-23(28)26-14-7-11-20-10-5-6-12-21(20)26/h2-6,8-10,12,16-17H,7,11,13-15H2,1H3. The molecule has 2 aliphatic heterocycles. The highest BCUT2D eigenvalue weighted by Crippen LogP contribution is 2.33. The Bertz CT molecular complexity index is 1080. The number of rotatable bonds is 5. The summed E-state index contributed by atoms with van der Waals surface area (Å²) in [6.07, 6.45) is 6.11. The van der Waals surface area contributed by atoms with Crippen LogP contribution >= 0.6 is 24.0 Å². The van der Waals surface area contributed by atoms with Crippen LogP contribution in [-0.2, 0) is 16.0 Å². The normalized spacial score (nSPS) is 18.0. The summed E-state index contributed by atoms with van der Waals surface area (Å²) in [5, 5.41) is 0. The zero-order chi connectivity index (χ0) is 21.8. The maximum absolute atomic E-state index is 12.9. The van der Waals surface area contributed by atoms with Crippen molar-refractivity contribution < 1.29 is 9.59 Å². The smallest absolute Gasteiger partial charge is 0.266 e. The molecule has 6 heteroatoms. The molecule has 2 amide bonds. The maximum Gasteiger partial charge on any atom is 0.266 e. The van der Waals surface area contributed by atoms with Crippen LogP contribution in [0.25, 0.3) is 6.08 Å². The molecule has 1 fully saturated rings. The fourth-order valence-electron chi connectivity index (χ4n) is 3.89. The van der Waals surface area contributed by atoms with E-state index in [2.05, 4.69) is 6.07 Å². The van der Waals surface area contributed by atoms with Gasteiger partial charge in [-0.05, 0) is 48.6 Å². The van der Waals surface area contributed by atoms with E-state index < -0.39 is 0 Å². The molecular formula is C25H24N2O2S2. The summed E-state index contributed by atoms with van der Waals surface area (Å²) in [6, 6.07) is 18.0. The van der Waals surface area contributed by atoms with E-state index in [0.717, 1.165) is 36.2 Å². The van der Waals surface area contributed by atoms with Gasteiger partial charge in [-0.1, -0.05) is 78.6 Å². The second-order valence-electron chi connectivity index (χ2n) is 7.66. The Labute approximate surface area is 192 Å². The van der Waals surface area contributed by atoms with Crippen molar-refractivity contribution in [1.29, 1.82) is 0 Å². The summed E-state index contributed by atoms with van der Waals surface area (Å²) in [5.74, 6) is -0.0898. The Hall–Kier alpha value is -2.70. The first-order chi connectivity index (χ1) is 15.0. The molecule has 1 saturated heterocycles. The first-order valence-corrected chi connectivity index (χ1v) is 11.6. The van der Waals surface area contributed by atoms with E-state index in [9.17, 15) is 9.59 Å². The van der Waals surface area contributed by atoms with Crippen molar-refractivity contribution in [3.8, 4) is 0 Å². The zero-order valence-electron chi connectivity index (χ0n) is 17.4. The number of anilines is 1. The van der Waals surface area contributed by atoms with Crippen LogP contribution in [0.3, 0.4) is 0 Å². The molecule has 2 aromatic rings. The fraction of sp³-hybridized carbons (Fsp3) is 0.240. The average molecular weight is 449 g/mol. The molecule has 0 atom stereocenters. The van der Waals surface area contributed by atoms with Gasteiger partial charge >= 0.3 is 0 Å². The van der Waals surface area contributed by atoms with E-state index in [1.54, 1.807) is 4.90 Å². The third-order valence-corrected chi connectivity index (χ3v) is 6.76. The van der Waals surface area contributed by atoms with Gasteiger partial charge in [-0.15, -0.1) is 0 Å². The SMILES string of the molecule is CC(=Cc1ccccc1)C=C1SC(=S)N(CCC(=O)N2CCCc3ccccc32)C1=O. The minimum atomic E-state index is -0.123. The van der Waals surface area contributed by atoms with Crippen LogP contribution in [-0.4, -0.2) is 34.1 Å². The van der Waals surface area contributed by atoms with E-state index in [-0.39, 0.29) is 18.2 Å². The number of hydrogen-bond acceptors (Lipinski definition) is 4. The van der Waals surface area contributed by atoms with E-state index in [0.29, 0.717) is 15.8 Å². The van der Waals surface area contributed by atoms with Crippen molar-refractivity contribution >= 4 is 51.9 Å². The lowest BCUT2D eigenvalue weighted by atomic mass is 10.0. The Morgan fingerprint density at radius 2 is 1.87 bits per heavy atom. The van der Waals surface area contributed by atoms with Crippen LogP contribution in [0.5, 0.6) is 0 Å². The highest BCUT2D eigenvalue weighted by atomic mass is 32.2. The van der Waals surface area contributed by atoms with Gasteiger partial charge < -0.3 is 4.90 Å². The molecule has 0 radical (unpaired) electrons. The van der Waals surface area contributed by atoms with Crippen LogP contribution < -0.4 is 4.90 Å². The van der Waals surface area contributed by atoms with E-state index in [1.807, 2.05) is 72.5 Å². The first-order valence-electron chi connectivity index (χ1n) is 10.4. The molecule has 31 heavy (non-hydrogen) atoms. The summed E-state index contributed by atoms with van der Waals surface area (Å²) in [4.78, 5) is 29.8. The molecule has 158 valence electrons. The molecular weight excluding hydrogens is 424 g/mol. The molecule has 0 N–H and O–H groups in total. The number of nitrogens with zero attached hydrogens (tertiary/aromatic N) is 2. The van der Waals surface area contributed by atoms with Gasteiger partial charge in [0.25, 0.3) is 5.91 Å². The Kier molecular flexibility index (Phi) is 6.68. The highest BCUT2D eigenvalue weighted by molar-refractivity contribution is 8.26. The van der Waals surface area contributed by atoms with Crippen LogP contribution in [0.1, 0.15) is 30.9 Å². The fourth-order valence-corrected chi connectivity index (χ4v) is 5.25. The van der Waals surface area contributed by atoms with Crippen LogP contribution in [0.15, 0.2) is 71.2 Å². The number of aryl methyl sites for hydroxylation is 1. The predicted molar refractivity (Wildman–Crippen MR) is 132 cm³/mol. The number of benzene rings is 2. The van der Waals surface area contributed by atoms with E-state index in [4.69, 9.17) is 12.2 Å². The molecule has 0 saturated carbocycles. The van der Waals surface area contributed by atoms with Crippen LogP contribution in [0, 0.1) is 0 Å². The Balaban J connectivity index is 1.41. The van der Waals surface area contributed by atoms with Gasteiger partial charge in [-0.3, -0.25) is 14.5 Å². The number of thiocarbonyl (C=S) groups is 1. The van der Waals surface area contributed by atoms with Gasteiger partial charge in [0.1, 0.15) is 4.32 Å². The second-order valence-corrected chi connectivity index (χ2v) is 9.34. The summed E-state index contributed by atoms with van der Waals surface area (Å²) >= 11 is 6.73. The van der Waals surface area contributed by atoms with E-state index in [1.165, 1.54) is 17.3 Å². The molecule has 4 nitrogen and oxygen atoms in total. The third kappa shape index (κ3) is 4.97.